The smallest absolute Gasteiger partial charge is 0.233 e. The maximum absolute atomic E-state index is 12.5. The number of fused-ring (bicyclic) bond motifs is 3. The molecule has 0 saturated heterocycles. The lowest BCUT2D eigenvalue weighted by molar-refractivity contribution is 0.0817. The second-order valence-electron chi connectivity index (χ2n) is 5.66. The molecule has 0 heterocycles. The molecule has 0 fully saturated rings. The second kappa shape index (κ2) is 5.39. The van der Waals surface area contributed by atoms with E-state index in [4.69, 9.17) is 0 Å². The van der Waals surface area contributed by atoms with Crippen molar-refractivity contribution in [3.8, 4) is 11.1 Å². The summed E-state index contributed by atoms with van der Waals surface area (Å²) in [5.41, 5.74) is 3.36. The molecule has 0 amide bonds. The number of carbonyl (C=O) groups is 3. The molecule has 0 saturated carbocycles. The topological polar surface area (TPSA) is 51.2 Å². The van der Waals surface area contributed by atoms with Crippen LogP contribution in [0.15, 0.2) is 72.8 Å². The van der Waals surface area contributed by atoms with Crippen molar-refractivity contribution in [1.82, 2.24) is 0 Å². The molecule has 0 unspecified atom stereocenters. The molecule has 24 heavy (non-hydrogen) atoms. The van der Waals surface area contributed by atoms with Crippen LogP contribution in [0.3, 0.4) is 0 Å². The van der Waals surface area contributed by atoms with Gasteiger partial charge in [0, 0.05) is 22.3 Å². The maximum atomic E-state index is 12.5. The lowest BCUT2D eigenvalue weighted by atomic mass is 9.97. The van der Waals surface area contributed by atoms with E-state index in [0.29, 0.717) is 16.7 Å². The Hall–Kier alpha value is -3.33. The van der Waals surface area contributed by atoms with Crippen LogP contribution in [0.4, 0.5) is 0 Å². The fourth-order valence-electron chi connectivity index (χ4n) is 3.02. The fourth-order valence-corrected chi connectivity index (χ4v) is 3.02. The molecule has 0 spiro atoms. The van der Waals surface area contributed by atoms with Gasteiger partial charge in [-0.15, -0.1) is 0 Å². The minimum atomic E-state index is -0.604. The second-order valence-corrected chi connectivity index (χ2v) is 5.66. The van der Waals surface area contributed by atoms with Gasteiger partial charge in [0.15, 0.2) is 5.78 Å². The van der Waals surface area contributed by atoms with Crippen molar-refractivity contribution in [1.29, 1.82) is 0 Å². The van der Waals surface area contributed by atoms with E-state index in [1.54, 1.807) is 48.5 Å². The Bertz CT molecular complexity index is 1000. The molecule has 1 aliphatic rings. The van der Waals surface area contributed by atoms with Crippen LogP contribution in [-0.4, -0.2) is 17.3 Å². The quantitative estimate of drug-likeness (QED) is 0.425. The Labute approximate surface area is 138 Å². The first-order valence-corrected chi connectivity index (χ1v) is 7.59. The predicted octanol–water partition coefficient (Wildman–Crippen LogP) is 3.96. The van der Waals surface area contributed by atoms with Crippen molar-refractivity contribution in [3.05, 3.63) is 95.1 Å². The Balaban J connectivity index is 1.74. The van der Waals surface area contributed by atoms with Gasteiger partial charge in [-0.05, 0) is 17.2 Å². The maximum Gasteiger partial charge on any atom is 0.233 e. The van der Waals surface area contributed by atoms with Crippen molar-refractivity contribution >= 4 is 17.3 Å². The van der Waals surface area contributed by atoms with Crippen LogP contribution in [0.1, 0.15) is 36.6 Å². The van der Waals surface area contributed by atoms with Crippen LogP contribution in [-0.2, 0) is 0 Å². The van der Waals surface area contributed by atoms with E-state index in [9.17, 15) is 14.4 Å². The van der Waals surface area contributed by atoms with E-state index < -0.39 is 11.6 Å². The van der Waals surface area contributed by atoms with Crippen LogP contribution in [0, 0.1) is 0 Å². The normalized spacial score (nSPS) is 11.8. The third-order valence-corrected chi connectivity index (χ3v) is 4.23. The average Bonchev–Trinajstić information content (AvgIpc) is 2.94. The monoisotopic (exact) mass is 312 g/mol. The highest BCUT2D eigenvalue weighted by Crippen LogP contribution is 2.36. The Kier molecular flexibility index (Phi) is 3.21. The van der Waals surface area contributed by atoms with Gasteiger partial charge in [0.1, 0.15) is 0 Å². The molecule has 3 heteroatoms. The zero-order valence-electron chi connectivity index (χ0n) is 12.7. The zero-order valence-corrected chi connectivity index (χ0v) is 12.7. The van der Waals surface area contributed by atoms with E-state index >= 15 is 0 Å². The average molecular weight is 312 g/mol. The van der Waals surface area contributed by atoms with Crippen LogP contribution in [0.5, 0.6) is 0 Å². The van der Waals surface area contributed by atoms with Crippen molar-refractivity contribution in [2.24, 2.45) is 0 Å². The van der Waals surface area contributed by atoms with Gasteiger partial charge in [-0.3, -0.25) is 14.4 Å². The van der Waals surface area contributed by atoms with Crippen molar-refractivity contribution in [2.75, 3.05) is 0 Å². The van der Waals surface area contributed by atoms with Crippen LogP contribution in [0.2, 0.25) is 0 Å². The molecule has 0 aromatic heterocycles. The predicted molar refractivity (Wildman–Crippen MR) is 90.4 cm³/mol. The SMILES string of the molecule is O=C(C(=O)c1ccc2c(c1)C(=O)c1ccccc1-2)c1ccccc1. The summed E-state index contributed by atoms with van der Waals surface area (Å²) in [5, 5.41) is 0. The van der Waals surface area contributed by atoms with E-state index in [1.807, 2.05) is 18.2 Å². The molecule has 0 bridgehead atoms. The summed E-state index contributed by atoms with van der Waals surface area (Å²) in [6.07, 6.45) is 0. The summed E-state index contributed by atoms with van der Waals surface area (Å²) in [5.74, 6) is -1.28. The van der Waals surface area contributed by atoms with E-state index in [2.05, 4.69) is 0 Å². The molecule has 3 aromatic rings. The number of hydrogen-bond acceptors (Lipinski definition) is 3. The first-order chi connectivity index (χ1) is 11.7. The molecule has 4 rings (SSSR count). The summed E-state index contributed by atoms with van der Waals surface area (Å²) in [6.45, 7) is 0. The van der Waals surface area contributed by atoms with Gasteiger partial charge in [0.05, 0.1) is 0 Å². The molecular weight excluding hydrogens is 300 g/mol. The van der Waals surface area contributed by atoms with E-state index in [1.165, 1.54) is 6.07 Å². The molecule has 3 nitrogen and oxygen atoms in total. The molecule has 1 aliphatic carbocycles. The highest BCUT2D eigenvalue weighted by atomic mass is 16.2. The lowest BCUT2D eigenvalue weighted by Crippen LogP contribution is -2.14. The summed E-state index contributed by atoms with van der Waals surface area (Å²) in [7, 11) is 0. The Morgan fingerprint density at radius 2 is 1.12 bits per heavy atom. The third-order valence-electron chi connectivity index (χ3n) is 4.23. The summed E-state index contributed by atoms with van der Waals surface area (Å²) < 4.78 is 0. The lowest BCUT2D eigenvalue weighted by Gasteiger charge is -2.04. The van der Waals surface area contributed by atoms with Crippen LogP contribution >= 0.6 is 0 Å². The van der Waals surface area contributed by atoms with Crippen LogP contribution < -0.4 is 0 Å². The molecule has 114 valence electrons. The number of hydrogen-bond donors (Lipinski definition) is 0. The molecule has 0 atom stereocenters. The van der Waals surface area contributed by atoms with Crippen molar-refractivity contribution in [3.63, 3.8) is 0 Å². The largest absolute Gasteiger partial charge is 0.289 e. The summed E-state index contributed by atoms with van der Waals surface area (Å²) in [6, 6.07) is 20.6. The first-order valence-electron chi connectivity index (χ1n) is 7.59. The number of benzene rings is 3. The summed E-state index contributed by atoms with van der Waals surface area (Å²) >= 11 is 0. The Morgan fingerprint density at radius 3 is 1.88 bits per heavy atom. The first kappa shape index (κ1) is 14.3. The summed E-state index contributed by atoms with van der Waals surface area (Å²) in [4.78, 5) is 37.3. The molecule has 3 aromatic carbocycles. The molecular formula is C21H12O3. The number of Topliss-reactive ketones (excluding diaryl/α,β-unsaturated/α-hetero) is 2. The number of ketones is 3. The minimum Gasteiger partial charge on any atom is -0.289 e. The van der Waals surface area contributed by atoms with Gasteiger partial charge in [-0.1, -0.05) is 66.7 Å². The zero-order chi connectivity index (χ0) is 16.7. The van der Waals surface area contributed by atoms with Crippen molar-refractivity contribution in [2.45, 2.75) is 0 Å². The molecule has 0 radical (unpaired) electrons. The molecule has 0 N–H and O–H groups in total. The van der Waals surface area contributed by atoms with E-state index in [-0.39, 0.29) is 11.3 Å². The van der Waals surface area contributed by atoms with Gasteiger partial charge in [-0.25, -0.2) is 0 Å². The van der Waals surface area contributed by atoms with Gasteiger partial charge >= 0.3 is 0 Å². The highest BCUT2D eigenvalue weighted by Gasteiger charge is 2.28. The van der Waals surface area contributed by atoms with Gasteiger partial charge in [0.25, 0.3) is 0 Å². The van der Waals surface area contributed by atoms with Gasteiger partial charge < -0.3 is 0 Å². The van der Waals surface area contributed by atoms with Gasteiger partial charge in [-0.2, -0.15) is 0 Å². The fraction of sp³-hybridized carbons (Fsp3) is 0. The third kappa shape index (κ3) is 2.10. The van der Waals surface area contributed by atoms with Crippen LogP contribution in [0.25, 0.3) is 11.1 Å². The number of carbonyl (C=O) groups excluding carboxylic acids is 3. The van der Waals surface area contributed by atoms with E-state index in [0.717, 1.165) is 11.1 Å². The van der Waals surface area contributed by atoms with Crippen molar-refractivity contribution < 1.29 is 14.4 Å². The Morgan fingerprint density at radius 1 is 0.542 bits per heavy atom. The standard InChI is InChI=1S/C21H12O3/c22-19(13-6-2-1-3-7-13)20(23)14-10-11-16-15-8-4-5-9-17(15)21(24)18(16)12-14/h1-12H. The highest BCUT2D eigenvalue weighted by molar-refractivity contribution is 6.49. The van der Waals surface area contributed by atoms with Gasteiger partial charge in [0.2, 0.25) is 11.6 Å². The number of rotatable bonds is 3. The molecule has 0 aliphatic heterocycles. The minimum absolute atomic E-state index is 0.109.